The van der Waals surface area contributed by atoms with E-state index in [1.165, 1.54) is 16.7 Å². The number of hydrogen-bond acceptors (Lipinski definition) is 2. The van der Waals surface area contributed by atoms with Crippen molar-refractivity contribution in [1.82, 2.24) is 5.32 Å². The quantitative estimate of drug-likeness (QED) is 0.818. The Morgan fingerprint density at radius 2 is 1.86 bits per heavy atom. The highest BCUT2D eigenvalue weighted by Crippen LogP contribution is 2.23. The van der Waals surface area contributed by atoms with Crippen LogP contribution in [-0.4, -0.2) is 13.2 Å². The Balaban J connectivity index is 2.19. The van der Waals surface area contributed by atoms with E-state index in [1.54, 1.807) is 0 Å². The molecule has 21 heavy (non-hydrogen) atoms. The zero-order chi connectivity index (χ0) is 15.1. The van der Waals surface area contributed by atoms with Crippen LogP contribution in [0.4, 0.5) is 0 Å². The van der Waals surface area contributed by atoms with E-state index in [0.717, 1.165) is 18.7 Å². The van der Waals surface area contributed by atoms with Crippen LogP contribution in [0, 0.1) is 6.92 Å². The number of benzene rings is 2. The van der Waals surface area contributed by atoms with Crippen LogP contribution in [0.2, 0.25) is 0 Å². The maximum atomic E-state index is 5.62. The summed E-state index contributed by atoms with van der Waals surface area (Å²) in [4.78, 5) is 0. The first-order valence-corrected chi connectivity index (χ1v) is 7.74. The summed E-state index contributed by atoms with van der Waals surface area (Å²) in [6.07, 6.45) is 0.991. The molecule has 1 N–H and O–H groups in total. The number of ether oxygens (including phenoxy) is 1. The van der Waals surface area contributed by atoms with Gasteiger partial charge >= 0.3 is 0 Å². The Kier molecular flexibility index (Phi) is 5.82. The average molecular weight is 283 g/mol. The first-order chi connectivity index (χ1) is 10.2. The first kappa shape index (κ1) is 15.6. The molecule has 0 aliphatic carbocycles. The van der Waals surface area contributed by atoms with Gasteiger partial charge in [-0.1, -0.05) is 48.9 Å². The summed E-state index contributed by atoms with van der Waals surface area (Å²) in [5.74, 6) is 0.946. The van der Waals surface area contributed by atoms with Crippen LogP contribution >= 0.6 is 0 Å². The molecule has 0 saturated heterocycles. The molecule has 2 rings (SSSR count). The molecule has 2 heteroatoms. The van der Waals surface area contributed by atoms with Gasteiger partial charge in [0.05, 0.1) is 6.61 Å². The van der Waals surface area contributed by atoms with Gasteiger partial charge in [0.2, 0.25) is 0 Å². The van der Waals surface area contributed by atoms with E-state index in [9.17, 15) is 0 Å². The maximum Gasteiger partial charge on any atom is 0.119 e. The van der Waals surface area contributed by atoms with Crippen LogP contribution in [0.5, 0.6) is 5.75 Å². The summed E-state index contributed by atoms with van der Waals surface area (Å²) in [5, 5.41) is 3.58. The number of rotatable bonds is 7. The minimum absolute atomic E-state index is 0.317. The van der Waals surface area contributed by atoms with Crippen LogP contribution < -0.4 is 10.1 Å². The third kappa shape index (κ3) is 4.61. The Hall–Kier alpha value is -1.80. The van der Waals surface area contributed by atoms with Crippen molar-refractivity contribution in [2.75, 3.05) is 13.2 Å². The van der Waals surface area contributed by atoms with Crippen LogP contribution in [0.15, 0.2) is 48.5 Å². The largest absolute Gasteiger partial charge is 0.494 e. The molecule has 2 aromatic carbocycles. The van der Waals surface area contributed by atoms with Gasteiger partial charge in [0.15, 0.2) is 0 Å². The molecule has 0 radical (unpaired) electrons. The third-order valence-electron chi connectivity index (χ3n) is 3.54. The monoisotopic (exact) mass is 283 g/mol. The van der Waals surface area contributed by atoms with Gasteiger partial charge in [-0.15, -0.1) is 0 Å². The van der Waals surface area contributed by atoms with Gasteiger partial charge < -0.3 is 10.1 Å². The molecule has 1 atom stereocenters. The molecule has 0 fully saturated rings. The molecule has 0 saturated carbocycles. The Morgan fingerprint density at radius 1 is 1.05 bits per heavy atom. The number of nitrogens with one attached hydrogen (secondary N) is 1. The van der Waals surface area contributed by atoms with E-state index in [0.29, 0.717) is 12.6 Å². The number of aryl methyl sites for hydroxylation is 1. The predicted molar refractivity (Wildman–Crippen MR) is 88.9 cm³/mol. The van der Waals surface area contributed by atoms with Crippen LogP contribution in [0.1, 0.15) is 36.6 Å². The summed E-state index contributed by atoms with van der Waals surface area (Å²) in [7, 11) is 0. The second-order valence-electron chi connectivity index (χ2n) is 5.31. The first-order valence-electron chi connectivity index (χ1n) is 7.74. The Morgan fingerprint density at radius 3 is 2.57 bits per heavy atom. The van der Waals surface area contributed by atoms with E-state index in [1.807, 2.05) is 13.0 Å². The van der Waals surface area contributed by atoms with Crippen molar-refractivity contribution in [3.05, 3.63) is 65.2 Å². The molecule has 0 amide bonds. The average Bonchev–Trinajstić information content (AvgIpc) is 2.47. The summed E-state index contributed by atoms with van der Waals surface area (Å²) in [5.41, 5.74) is 3.96. The molecule has 0 bridgehead atoms. The van der Waals surface area contributed by atoms with Crippen LogP contribution in [-0.2, 0) is 6.42 Å². The van der Waals surface area contributed by atoms with E-state index < -0.39 is 0 Å². The number of hydrogen-bond donors (Lipinski definition) is 1. The molecule has 0 aromatic heterocycles. The van der Waals surface area contributed by atoms with Crippen LogP contribution in [0.3, 0.4) is 0 Å². The molecule has 2 nitrogen and oxygen atoms in total. The van der Waals surface area contributed by atoms with Crippen molar-refractivity contribution in [2.24, 2.45) is 0 Å². The van der Waals surface area contributed by atoms with E-state index in [-0.39, 0.29) is 0 Å². The fourth-order valence-corrected chi connectivity index (χ4v) is 2.62. The van der Waals surface area contributed by atoms with Gasteiger partial charge in [0.1, 0.15) is 5.75 Å². The van der Waals surface area contributed by atoms with Gasteiger partial charge in [-0.25, -0.2) is 0 Å². The molecule has 0 aliphatic heterocycles. The third-order valence-corrected chi connectivity index (χ3v) is 3.54. The molecule has 1 unspecified atom stereocenters. The zero-order valence-electron chi connectivity index (χ0n) is 13.2. The molecule has 112 valence electrons. The number of likely N-dealkylation sites (N-methyl/N-ethyl adjacent to an activating group) is 1. The highest BCUT2D eigenvalue weighted by atomic mass is 16.5. The lowest BCUT2D eigenvalue weighted by molar-refractivity contribution is 0.339. The normalized spacial score (nSPS) is 12.1. The highest BCUT2D eigenvalue weighted by molar-refractivity contribution is 5.32. The minimum atomic E-state index is 0.317. The topological polar surface area (TPSA) is 21.3 Å². The Bertz CT molecular complexity index is 565. The molecular weight excluding hydrogens is 258 g/mol. The summed E-state index contributed by atoms with van der Waals surface area (Å²) >= 11 is 0. The van der Waals surface area contributed by atoms with Gasteiger partial charge in [-0.3, -0.25) is 0 Å². The fraction of sp³-hybridized carbons (Fsp3) is 0.368. The van der Waals surface area contributed by atoms with E-state index >= 15 is 0 Å². The lowest BCUT2D eigenvalue weighted by atomic mass is 9.97. The lowest BCUT2D eigenvalue weighted by Crippen LogP contribution is -2.23. The molecule has 0 aliphatic rings. The van der Waals surface area contributed by atoms with Crippen molar-refractivity contribution in [3.8, 4) is 5.75 Å². The minimum Gasteiger partial charge on any atom is -0.494 e. The van der Waals surface area contributed by atoms with Gasteiger partial charge in [0, 0.05) is 6.04 Å². The van der Waals surface area contributed by atoms with Crippen molar-refractivity contribution < 1.29 is 4.74 Å². The van der Waals surface area contributed by atoms with Crippen molar-refractivity contribution in [3.63, 3.8) is 0 Å². The maximum absolute atomic E-state index is 5.62. The van der Waals surface area contributed by atoms with Crippen molar-refractivity contribution >= 4 is 0 Å². The van der Waals surface area contributed by atoms with E-state index in [2.05, 4.69) is 61.6 Å². The second kappa shape index (κ2) is 7.84. The van der Waals surface area contributed by atoms with Crippen molar-refractivity contribution in [1.29, 1.82) is 0 Å². The van der Waals surface area contributed by atoms with E-state index in [4.69, 9.17) is 4.74 Å². The molecule has 2 aromatic rings. The molecule has 0 heterocycles. The van der Waals surface area contributed by atoms with Gasteiger partial charge in [-0.05, 0) is 50.1 Å². The lowest BCUT2D eigenvalue weighted by Gasteiger charge is -2.19. The Labute approximate surface area is 128 Å². The fourth-order valence-electron chi connectivity index (χ4n) is 2.62. The smallest absolute Gasteiger partial charge is 0.119 e. The molecule has 0 spiro atoms. The zero-order valence-corrected chi connectivity index (χ0v) is 13.2. The predicted octanol–water partition coefficient (Wildman–Crippen LogP) is 4.29. The van der Waals surface area contributed by atoms with Crippen molar-refractivity contribution in [2.45, 2.75) is 33.2 Å². The second-order valence-corrected chi connectivity index (χ2v) is 5.31. The summed E-state index contributed by atoms with van der Waals surface area (Å²) in [6, 6.07) is 17.4. The summed E-state index contributed by atoms with van der Waals surface area (Å²) in [6.45, 7) is 7.96. The highest BCUT2D eigenvalue weighted by Gasteiger charge is 2.12. The standard InChI is InChI=1S/C19H25NO/c1-4-20-19(13-16-9-6-8-15(3)12-16)17-10-7-11-18(14-17)21-5-2/h6-12,14,19-20H,4-5,13H2,1-3H3. The van der Waals surface area contributed by atoms with Gasteiger partial charge in [-0.2, -0.15) is 0 Å². The van der Waals surface area contributed by atoms with Gasteiger partial charge in [0.25, 0.3) is 0 Å². The summed E-state index contributed by atoms with van der Waals surface area (Å²) < 4.78 is 5.62. The van der Waals surface area contributed by atoms with Crippen LogP contribution in [0.25, 0.3) is 0 Å². The SMILES string of the molecule is CCNC(Cc1cccc(C)c1)c1cccc(OCC)c1. The molecular formula is C19H25NO.